The van der Waals surface area contributed by atoms with Crippen LogP contribution in [0, 0.1) is 0 Å². The van der Waals surface area contributed by atoms with Crippen LogP contribution < -0.4 is 15.6 Å². The highest BCUT2D eigenvalue weighted by atomic mass is 32.1. The van der Waals surface area contributed by atoms with E-state index in [9.17, 15) is 9.59 Å². The summed E-state index contributed by atoms with van der Waals surface area (Å²) in [5, 5.41) is 12.9. The SMILES string of the molecule is COc1ccc(Cc2nnc(NC(=O)CCn3sc4ccccc4c3=O)s2)cc1. The van der Waals surface area contributed by atoms with Crippen LogP contribution in [0.2, 0.25) is 0 Å². The topological polar surface area (TPSA) is 86.1 Å². The summed E-state index contributed by atoms with van der Waals surface area (Å²) in [6.45, 7) is 0.335. The Morgan fingerprint density at radius 1 is 1.14 bits per heavy atom. The molecule has 0 unspecified atom stereocenters. The minimum Gasteiger partial charge on any atom is -0.497 e. The lowest BCUT2D eigenvalue weighted by atomic mass is 10.1. The molecular formula is C20H18N4O3S2. The molecule has 2 aromatic heterocycles. The molecule has 7 nitrogen and oxygen atoms in total. The van der Waals surface area contributed by atoms with E-state index in [2.05, 4.69) is 15.5 Å². The Bertz CT molecular complexity index is 1190. The summed E-state index contributed by atoms with van der Waals surface area (Å²) in [5.41, 5.74) is 1.03. The van der Waals surface area contributed by atoms with Crippen molar-refractivity contribution >= 4 is 44.0 Å². The molecule has 1 amide bonds. The zero-order valence-electron chi connectivity index (χ0n) is 15.6. The highest BCUT2D eigenvalue weighted by molar-refractivity contribution is 7.15. The molecule has 1 N–H and O–H groups in total. The van der Waals surface area contributed by atoms with Crippen molar-refractivity contribution in [3.63, 3.8) is 0 Å². The summed E-state index contributed by atoms with van der Waals surface area (Å²) in [6.07, 6.45) is 0.828. The van der Waals surface area contributed by atoms with Crippen molar-refractivity contribution in [1.82, 2.24) is 14.2 Å². The van der Waals surface area contributed by atoms with Gasteiger partial charge in [0.1, 0.15) is 10.8 Å². The Kier molecular flexibility index (Phi) is 5.68. The maximum atomic E-state index is 12.3. The van der Waals surface area contributed by atoms with Gasteiger partial charge in [-0.3, -0.25) is 13.5 Å². The third kappa shape index (κ3) is 4.52. The second-order valence-corrected chi connectivity index (χ2v) is 8.44. The van der Waals surface area contributed by atoms with E-state index < -0.39 is 0 Å². The number of amides is 1. The van der Waals surface area contributed by atoms with Gasteiger partial charge in [0.25, 0.3) is 5.56 Å². The summed E-state index contributed by atoms with van der Waals surface area (Å²) in [4.78, 5) is 24.6. The number of hydrogen-bond donors (Lipinski definition) is 1. The number of aromatic nitrogens is 3. The molecule has 0 saturated heterocycles. The largest absolute Gasteiger partial charge is 0.497 e. The minimum absolute atomic E-state index is 0.0592. The first kappa shape index (κ1) is 19.3. The average Bonchev–Trinajstić information content (AvgIpc) is 3.31. The molecule has 0 aliphatic heterocycles. The van der Waals surface area contributed by atoms with Crippen molar-refractivity contribution in [3.8, 4) is 5.75 Å². The monoisotopic (exact) mass is 426 g/mol. The fraction of sp³-hybridized carbons (Fsp3) is 0.200. The normalized spacial score (nSPS) is 10.9. The second-order valence-electron chi connectivity index (χ2n) is 6.32. The van der Waals surface area contributed by atoms with Gasteiger partial charge in [0, 0.05) is 19.4 Å². The maximum Gasteiger partial charge on any atom is 0.268 e. The number of nitrogens with zero attached hydrogens (tertiary/aromatic N) is 3. The molecule has 9 heteroatoms. The van der Waals surface area contributed by atoms with E-state index in [1.165, 1.54) is 22.9 Å². The van der Waals surface area contributed by atoms with Gasteiger partial charge in [-0.25, -0.2) is 0 Å². The summed E-state index contributed by atoms with van der Waals surface area (Å²) in [6, 6.07) is 15.2. The van der Waals surface area contributed by atoms with E-state index in [0.717, 1.165) is 21.0 Å². The van der Waals surface area contributed by atoms with E-state index >= 15 is 0 Å². The molecule has 29 heavy (non-hydrogen) atoms. The lowest BCUT2D eigenvalue weighted by Crippen LogP contribution is -2.18. The molecule has 2 heterocycles. The molecule has 4 rings (SSSR count). The zero-order valence-corrected chi connectivity index (χ0v) is 17.3. The van der Waals surface area contributed by atoms with Crippen molar-refractivity contribution in [1.29, 1.82) is 0 Å². The Labute approximate surface area is 174 Å². The van der Waals surface area contributed by atoms with Crippen molar-refractivity contribution in [2.75, 3.05) is 12.4 Å². The van der Waals surface area contributed by atoms with Crippen LogP contribution in [0.25, 0.3) is 10.1 Å². The van der Waals surface area contributed by atoms with Gasteiger partial charge in [-0.1, -0.05) is 47.1 Å². The number of ether oxygens (including phenoxy) is 1. The van der Waals surface area contributed by atoms with E-state index in [1.807, 2.05) is 42.5 Å². The van der Waals surface area contributed by atoms with Crippen LogP contribution in [-0.4, -0.2) is 27.2 Å². The standard InChI is InChI=1S/C20H18N4O3S2/c1-27-14-8-6-13(7-9-14)12-18-22-23-20(28-18)21-17(25)10-11-24-19(26)15-4-2-3-5-16(15)29-24/h2-9H,10-12H2,1H3,(H,21,23,25). The second kappa shape index (κ2) is 8.54. The third-order valence-corrected chi connectivity index (χ3v) is 6.28. The number of fused-ring (bicyclic) bond motifs is 1. The smallest absolute Gasteiger partial charge is 0.268 e. The van der Waals surface area contributed by atoms with Gasteiger partial charge < -0.3 is 10.1 Å². The van der Waals surface area contributed by atoms with Gasteiger partial charge in [-0.2, -0.15) is 0 Å². The van der Waals surface area contributed by atoms with Crippen LogP contribution in [0.3, 0.4) is 0 Å². The molecule has 2 aromatic carbocycles. The van der Waals surface area contributed by atoms with Crippen LogP contribution in [0.5, 0.6) is 5.75 Å². The molecule has 148 valence electrons. The summed E-state index contributed by atoms with van der Waals surface area (Å²) in [7, 11) is 1.63. The molecule has 0 radical (unpaired) electrons. The number of carbonyl (C=O) groups is 1. The number of methoxy groups -OCH3 is 1. The number of carbonyl (C=O) groups excluding carboxylic acids is 1. The Morgan fingerprint density at radius 3 is 2.69 bits per heavy atom. The van der Waals surface area contributed by atoms with Gasteiger partial charge in [0.2, 0.25) is 11.0 Å². The van der Waals surface area contributed by atoms with E-state index in [4.69, 9.17) is 4.74 Å². The number of hydrogen-bond acceptors (Lipinski definition) is 7. The average molecular weight is 427 g/mol. The lowest BCUT2D eigenvalue weighted by Gasteiger charge is -2.01. The fourth-order valence-corrected chi connectivity index (χ4v) is 4.63. The van der Waals surface area contributed by atoms with Gasteiger partial charge in [-0.15, -0.1) is 10.2 Å². The number of anilines is 1. The van der Waals surface area contributed by atoms with Crippen molar-refractivity contribution in [2.24, 2.45) is 0 Å². The van der Waals surface area contributed by atoms with E-state index in [1.54, 1.807) is 17.1 Å². The molecule has 0 fully saturated rings. The molecule has 0 spiro atoms. The van der Waals surface area contributed by atoms with Gasteiger partial charge in [0.15, 0.2) is 0 Å². The van der Waals surface area contributed by atoms with Crippen LogP contribution in [0.15, 0.2) is 53.3 Å². The number of nitrogens with one attached hydrogen (secondary N) is 1. The van der Waals surface area contributed by atoms with Crippen molar-refractivity contribution in [2.45, 2.75) is 19.4 Å². The predicted molar refractivity (Wildman–Crippen MR) is 115 cm³/mol. The molecule has 4 aromatic rings. The highest BCUT2D eigenvalue weighted by Gasteiger charge is 2.11. The first-order valence-electron chi connectivity index (χ1n) is 8.96. The van der Waals surface area contributed by atoms with Gasteiger partial charge in [-0.05, 0) is 29.8 Å². The maximum absolute atomic E-state index is 12.3. The molecule has 0 aliphatic carbocycles. The summed E-state index contributed by atoms with van der Waals surface area (Å²) >= 11 is 2.71. The first-order valence-corrected chi connectivity index (χ1v) is 10.6. The van der Waals surface area contributed by atoms with Gasteiger partial charge >= 0.3 is 0 Å². The summed E-state index contributed by atoms with van der Waals surface area (Å²) < 4.78 is 7.69. The van der Waals surface area contributed by atoms with Gasteiger partial charge in [0.05, 0.1) is 17.2 Å². The number of benzene rings is 2. The lowest BCUT2D eigenvalue weighted by molar-refractivity contribution is -0.116. The molecule has 0 aliphatic rings. The summed E-state index contributed by atoms with van der Waals surface area (Å²) in [5.74, 6) is 0.609. The highest BCUT2D eigenvalue weighted by Crippen LogP contribution is 2.21. The molecule has 0 bridgehead atoms. The first-order chi connectivity index (χ1) is 14.1. The van der Waals surface area contributed by atoms with Crippen LogP contribution in [-0.2, 0) is 17.8 Å². The zero-order chi connectivity index (χ0) is 20.2. The Morgan fingerprint density at radius 2 is 1.93 bits per heavy atom. The fourth-order valence-electron chi connectivity index (χ4n) is 2.84. The third-order valence-electron chi connectivity index (χ3n) is 4.32. The quantitative estimate of drug-likeness (QED) is 0.488. The molecule has 0 saturated carbocycles. The predicted octanol–water partition coefficient (Wildman–Crippen LogP) is 3.54. The Balaban J connectivity index is 1.33. The minimum atomic E-state index is -0.193. The van der Waals surface area contributed by atoms with Crippen LogP contribution in [0.4, 0.5) is 5.13 Å². The van der Waals surface area contributed by atoms with E-state index in [-0.39, 0.29) is 17.9 Å². The van der Waals surface area contributed by atoms with Crippen LogP contribution >= 0.6 is 22.9 Å². The molecule has 0 atom stereocenters. The van der Waals surface area contributed by atoms with Crippen molar-refractivity contribution in [3.05, 3.63) is 69.5 Å². The number of rotatable bonds is 7. The van der Waals surface area contributed by atoms with E-state index in [0.29, 0.717) is 23.5 Å². The number of aryl methyl sites for hydroxylation is 1. The van der Waals surface area contributed by atoms with Crippen molar-refractivity contribution < 1.29 is 9.53 Å². The molecular weight excluding hydrogens is 408 g/mol. The van der Waals surface area contributed by atoms with Crippen LogP contribution in [0.1, 0.15) is 17.0 Å². The Hall–Kier alpha value is -3.04.